The lowest BCUT2D eigenvalue weighted by molar-refractivity contribution is 0.0253. The SMILES string of the molecule is COc1ccc(NCC(F)(F)CN)nc1. The van der Waals surface area contributed by atoms with Crippen LogP contribution >= 0.6 is 0 Å². The highest BCUT2D eigenvalue weighted by Gasteiger charge is 2.26. The van der Waals surface area contributed by atoms with E-state index in [0.717, 1.165) is 0 Å². The molecule has 4 nitrogen and oxygen atoms in total. The second kappa shape index (κ2) is 4.88. The number of alkyl halides is 2. The van der Waals surface area contributed by atoms with E-state index in [1.807, 2.05) is 0 Å². The van der Waals surface area contributed by atoms with Crippen LogP contribution in [0.15, 0.2) is 18.3 Å². The molecule has 15 heavy (non-hydrogen) atoms. The Kier molecular flexibility index (Phi) is 3.79. The normalized spacial score (nSPS) is 11.2. The Hall–Kier alpha value is -1.43. The van der Waals surface area contributed by atoms with Crippen molar-refractivity contribution in [2.45, 2.75) is 5.92 Å². The molecule has 0 aliphatic carbocycles. The second-order valence-electron chi connectivity index (χ2n) is 3.00. The van der Waals surface area contributed by atoms with Gasteiger partial charge in [0.25, 0.3) is 5.92 Å². The Morgan fingerprint density at radius 1 is 1.53 bits per heavy atom. The van der Waals surface area contributed by atoms with Crippen LogP contribution in [0.1, 0.15) is 0 Å². The fraction of sp³-hybridized carbons (Fsp3) is 0.444. The quantitative estimate of drug-likeness (QED) is 0.775. The standard InChI is InChI=1S/C9H13F2N3O/c1-15-7-2-3-8(13-4-7)14-6-9(10,11)5-12/h2-4H,5-6,12H2,1H3,(H,13,14). The van der Waals surface area contributed by atoms with Crippen molar-refractivity contribution in [2.75, 3.05) is 25.5 Å². The molecule has 0 aliphatic rings. The average molecular weight is 217 g/mol. The molecule has 84 valence electrons. The summed E-state index contributed by atoms with van der Waals surface area (Å²) in [5.74, 6) is -1.98. The van der Waals surface area contributed by atoms with Gasteiger partial charge in [-0.15, -0.1) is 0 Å². The fourth-order valence-corrected chi connectivity index (χ4v) is 0.898. The number of hydrogen-bond acceptors (Lipinski definition) is 4. The van der Waals surface area contributed by atoms with Crippen LogP contribution in [-0.2, 0) is 0 Å². The molecule has 0 aliphatic heterocycles. The highest BCUT2D eigenvalue weighted by atomic mass is 19.3. The number of halogens is 2. The average Bonchev–Trinajstić information content (AvgIpc) is 2.27. The predicted octanol–water partition coefficient (Wildman–Crippen LogP) is 1.10. The number of hydrogen-bond donors (Lipinski definition) is 2. The molecule has 0 fully saturated rings. The van der Waals surface area contributed by atoms with Gasteiger partial charge in [0.05, 0.1) is 26.4 Å². The molecule has 1 heterocycles. The number of nitrogens with one attached hydrogen (secondary N) is 1. The molecule has 1 aromatic heterocycles. The van der Waals surface area contributed by atoms with Crippen LogP contribution in [0.3, 0.4) is 0 Å². The number of nitrogens with zero attached hydrogens (tertiary/aromatic N) is 1. The van der Waals surface area contributed by atoms with Crippen molar-refractivity contribution < 1.29 is 13.5 Å². The van der Waals surface area contributed by atoms with Gasteiger partial charge in [-0.2, -0.15) is 0 Å². The zero-order valence-electron chi connectivity index (χ0n) is 8.34. The summed E-state index contributed by atoms with van der Waals surface area (Å²) < 4.78 is 30.4. The number of nitrogens with two attached hydrogens (primary N) is 1. The van der Waals surface area contributed by atoms with Gasteiger partial charge in [-0.25, -0.2) is 13.8 Å². The minimum absolute atomic E-state index is 0.365. The van der Waals surface area contributed by atoms with Gasteiger partial charge in [0.1, 0.15) is 11.6 Å². The summed E-state index contributed by atoms with van der Waals surface area (Å²) in [6.45, 7) is -1.21. The summed E-state index contributed by atoms with van der Waals surface area (Å²) >= 11 is 0. The highest BCUT2D eigenvalue weighted by molar-refractivity contribution is 5.37. The van der Waals surface area contributed by atoms with Crippen LogP contribution in [0.2, 0.25) is 0 Å². The van der Waals surface area contributed by atoms with Gasteiger partial charge < -0.3 is 15.8 Å². The van der Waals surface area contributed by atoms with Crippen molar-refractivity contribution in [3.8, 4) is 5.75 Å². The predicted molar refractivity (Wildman–Crippen MR) is 53.3 cm³/mol. The molecule has 0 atom stereocenters. The van der Waals surface area contributed by atoms with E-state index in [1.165, 1.54) is 13.3 Å². The minimum atomic E-state index is -2.92. The molecular weight excluding hydrogens is 204 g/mol. The maximum absolute atomic E-state index is 12.7. The van der Waals surface area contributed by atoms with Crippen LogP contribution in [0.4, 0.5) is 14.6 Å². The first-order valence-corrected chi connectivity index (χ1v) is 4.39. The lowest BCUT2D eigenvalue weighted by atomic mass is 10.3. The summed E-state index contributed by atoms with van der Waals surface area (Å²) in [6, 6.07) is 3.20. The molecule has 6 heteroatoms. The van der Waals surface area contributed by atoms with Gasteiger partial charge in [-0.05, 0) is 12.1 Å². The number of aromatic nitrogens is 1. The maximum atomic E-state index is 12.7. The fourth-order valence-electron chi connectivity index (χ4n) is 0.898. The van der Waals surface area contributed by atoms with Gasteiger partial charge in [0.15, 0.2) is 0 Å². The molecule has 0 spiro atoms. The Labute approximate surface area is 86.4 Å². The smallest absolute Gasteiger partial charge is 0.276 e. The van der Waals surface area contributed by atoms with E-state index in [1.54, 1.807) is 12.1 Å². The van der Waals surface area contributed by atoms with Crippen molar-refractivity contribution in [3.05, 3.63) is 18.3 Å². The number of rotatable bonds is 5. The Morgan fingerprint density at radius 3 is 2.73 bits per heavy atom. The van der Waals surface area contributed by atoms with E-state index in [2.05, 4.69) is 10.3 Å². The van der Waals surface area contributed by atoms with E-state index >= 15 is 0 Å². The molecule has 0 saturated carbocycles. The van der Waals surface area contributed by atoms with E-state index in [4.69, 9.17) is 10.5 Å². The molecule has 0 unspecified atom stereocenters. The first kappa shape index (κ1) is 11.6. The van der Waals surface area contributed by atoms with Gasteiger partial charge in [-0.3, -0.25) is 0 Å². The third-order valence-corrected chi connectivity index (χ3v) is 1.80. The monoisotopic (exact) mass is 217 g/mol. The van der Waals surface area contributed by atoms with Gasteiger partial charge in [0.2, 0.25) is 0 Å². The first-order chi connectivity index (χ1) is 7.07. The lowest BCUT2D eigenvalue weighted by Gasteiger charge is -2.14. The van der Waals surface area contributed by atoms with Crippen LogP contribution in [0, 0.1) is 0 Å². The van der Waals surface area contributed by atoms with Gasteiger partial charge in [-0.1, -0.05) is 0 Å². The molecule has 0 bridgehead atoms. The van der Waals surface area contributed by atoms with Crippen molar-refractivity contribution in [2.24, 2.45) is 5.73 Å². The third kappa shape index (κ3) is 3.67. The second-order valence-corrected chi connectivity index (χ2v) is 3.00. The summed E-state index contributed by atoms with van der Waals surface area (Å²) in [6.07, 6.45) is 1.45. The Bertz CT molecular complexity index is 303. The largest absolute Gasteiger partial charge is 0.495 e. The molecule has 1 aromatic rings. The number of anilines is 1. The van der Waals surface area contributed by atoms with Crippen molar-refractivity contribution in [3.63, 3.8) is 0 Å². The highest BCUT2D eigenvalue weighted by Crippen LogP contribution is 2.14. The minimum Gasteiger partial charge on any atom is -0.495 e. The summed E-state index contributed by atoms with van der Waals surface area (Å²) in [5, 5.41) is 2.49. The summed E-state index contributed by atoms with van der Waals surface area (Å²) in [5.41, 5.74) is 4.89. The van der Waals surface area contributed by atoms with Crippen LogP contribution in [-0.4, -0.2) is 31.1 Å². The van der Waals surface area contributed by atoms with Crippen LogP contribution in [0.25, 0.3) is 0 Å². The van der Waals surface area contributed by atoms with Crippen molar-refractivity contribution in [1.82, 2.24) is 4.98 Å². The van der Waals surface area contributed by atoms with E-state index in [9.17, 15) is 8.78 Å². The van der Waals surface area contributed by atoms with E-state index in [0.29, 0.717) is 11.6 Å². The summed E-state index contributed by atoms with van der Waals surface area (Å²) in [7, 11) is 1.51. The third-order valence-electron chi connectivity index (χ3n) is 1.80. The molecular formula is C9H13F2N3O. The number of methoxy groups -OCH3 is 1. The Balaban J connectivity index is 2.51. The zero-order valence-corrected chi connectivity index (χ0v) is 8.34. The Morgan fingerprint density at radius 2 is 2.27 bits per heavy atom. The van der Waals surface area contributed by atoms with Crippen LogP contribution in [0.5, 0.6) is 5.75 Å². The zero-order chi connectivity index (χ0) is 11.3. The van der Waals surface area contributed by atoms with Crippen LogP contribution < -0.4 is 15.8 Å². The molecule has 1 rings (SSSR count). The maximum Gasteiger partial charge on any atom is 0.276 e. The van der Waals surface area contributed by atoms with E-state index in [-0.39, 0.29) is 0 Å². The van der Waals surface area contributed by atoms with E-state index < -0.39 is 19.0 Å². The summed E-state index contributed by atoms with van der Waals surface area (Å²) in [4.78, 5) is 3.88. The molecule has 0 saturated heterocycles. The first-order valence-electron chi connectivity index (χ1n) is 4.39. The molecule has 3 N–H and O–H groups in total. The molecule has 0 aromatic carbocycles. The van der Waals surface area contributed by atoms with Crippen molar-refractivity contribution in [1.29, 1.82) is 0 Å². The molecule has 0 amide bonds. The van der Waals surface area contributed by atoms with Gasteiger partial charge >= 0.3 is 0 Å². The van der Waals surface area contributed by atoms with Crippen molar-refractivity contribution >= 4 is 5.82 Å². The number of ether oxygens (including phenoxy) is 1. The number of pyridine rings is 1. The lowest BCUT2D eigenvalue weighted by Crippen LogP contribution is -2.35. The molecule has 0 radical (unpaired) electrons. The van der Waals surface area contributed by atoms with Gasteiger partial charge in [0, 0.05) is 0 Å². The topological polar surface area (TPSA) is 60.2 Å².